The van der Waals surface area contributed by atoms with Crippen molar-refractivity contribution in [3.63, 3.8) is 0 Å². The number of hydrogen-bond acceptors (Lipinski definition) is 3. The summed E-state index contributed by atoms with van der Waals surface area (Å²) in [6.07, 6.45) is 4.60. The van der Waals surface area contributed by atoms with Crippen LogP contribution in [-0.4, -0.2) is 42.8 Å². The topological polar surface area (TPSA) is 70.7 Å². The molecular weight excluding hydrogens is 374 g/mol. The summed E-state index contributed by atoms with van der Waals surface area (Å²) in [6.45, 7) is 3.36. The van der Waals surface area contributed by atoms with Crippen LogP contribution >= 0.6 is 15.9 Å². The van der Waals surface area contributed by atoms with E-state index in [4.69, 9.17) is 4.74 Å². The number of carbonyl (C=O) groups excluding carboxylic acids is 2. The van der Waals surface area contributed by atoms with Gasteiger partial charge in [0.05, 0.1) is 6.61 Å². The van der Waals surface area contributed by atoms with E-state index in [0.717, 1.165) is 22.9 Å². The van der Waals surface area contributed by atoms with Gasteiger partial charge in [0.25, 0.3) is 0 Å². The van der Waals surface area contributed by atoms with Crippen LogP contribution in [0.2, 0.25) is 0 Å². The Kier molecular flexibility index (Phi) is 7.11. The Morgan fingerprint density at radius 1 is 1.33 bits per heavy atom. The predicted molar refractivity (Wildman–Crippen MR) is 96.5 cm³/mol. The summed E-state index contributed by atoms with van der Waals surface area (Å²) in [5.41, 5.74) is 0.987. The first-order valence-corrected chi connectivity index (χ1v) is 8.79. The summed E-state index contributed by atoms with van der Waals surface area (Å²) < 4.78 is 5.94. The predicted octanol–water partition coefficient (Wildman–Crippen LogP) is 3.34. The molecule has 1 fully saturated rings. The molecule has 2 N–H and O–H groups in total. The third-order valence-corrected chi connectivity index (χ3v) is 4.46. The number of rotatable bonds is 4. The van der Waals surface area contributed by atoms with Crippen LogP contribution < -0.4 is 10.6 Å². The van der Waals surface area contributed by atoms with Gasteiger partial charge >= 0.3 is 12.1 Å². The lowest BCUT2D eigenvalue weighted by atomic mass is 10.1. The lowest BCUT2D eigenvalue weighted by Gasteiger charge is -2.31. The molecular formula is C17H22BrN3O3. The van der Waals surface area contributed by atoms with E-state index < -0.39 is 0 Å². The largest absolute Gasteiger partial charge is 0.450 e. The standard InChI is InChI=1S/C17H22BrN3O3/c1-2-24-17(23)21-11-8-14(9-12-21)20-16(22)19-10-7-13-5-3-4-6-15(13)18/h3-7,10,14H,2,8-9,11-12H2,1H3,(H2,19,20,22)/b10-7+. The molecule has 0 atom stereocenters. The number of nitrogens with zero attached hydrogens (tertiary/aromatic N) is 1. The van der Waals surface area contributed by atoms with Crippen LogP contribution in [0.15, 0.2) is 34.9 Å². The first kappa shape index (κ1) is 18.3. The number of carbonyl (C=O) groups is 2. The molecule has 1 saturated heterocycles. The Hall–Kier alpha value is -2.02. The van der Waals surface area contributed by atoms with Crippen molar-refractivity contribution in [3.05, 3.63) is 40.5 Å². The zero-order valence-corrected chi connectivity index (χ0v) is 15.2. The second kappa shape index (κ2) is 9.32. The minimum atomic E-state index is -0.281. The van der Waals surface area contributed by atoms with Crippen molar-refractivity contribution in [1.82, 2.24) is 15.5 Å². The molecule has 130 valence electrons. The number of amides is 3. The van der Waals surface area contributed by atoms with E-state index >= 15 is 0 Å². The quantitative estimate of drug-likeness (QED) is 0.820. The van der Waals surface area contributed by atoms with Gasteiger partial charge in [0, 0.05) is 29.8 Å². The van der Waals surface area contributed by atoms with Crippen LogP contribution in [0.25, 0.3) is 6.08 Å². The zero-order chi connectivity index (χ0) is 17.4. The molecule has 3 amide bonds. The molecule has 0 aliphatic carbocycles. The molecule has 1 aliphatic heterocycles. The SMILES string of the molecule is CCOC(=O)N1CCC(NC(=O)N/C=C/c2ccccc2Br)CC1. The fraction of sp³-hybridized carbons (Fsp3) is 0.412. The van der Waals surface area contributed by atoms with Gasteiger partial charge in [0.2, 0.25) is 0 Å². The van der Waals surface area contributed by atoms with Gasteiger partial charge in [-0.3, -0.25) is 0 Å². The zero-order valence-electron chi connectivity index (χ0n) is 13.6. The van der Waals surface area contributed by atoms with Crippen LogP contribution in [0.4, 0.5) is 9.59 Å². The van der Waals surface area contributed by atoms with Crippen molar-refractivity contribution in [1.29, 1.82) is 0 Å². The third kappa shape index (κ3) is 5.56. The molecule has 24 heavy (non-hydrogen) atoms. The molecule has 1 aromatic rings. The number of nitrogens with one attached hydrogen (secondary N) is 2. The minimum absolute atomic E-state index is 0.0625. The van der Waals surface area contributed by atoms with Crippen molar-refractivity contribution in [2.24, 2.45) is 0 Å². The van der Waals surface area contributed by atoms with Gasteiger partial charge in [0.1, 0.15) is 0 Å². The number of likely N-dealkylation sites (tertiary alicyclic amines) is 1. The fourth-order valence-corrected chi connectivity index (χ4v) is 2.88. The average molecular weight is 396 g/mol. The third-order valence-electron chi connectivity index (χ3n) is 3.74. The Labute approximate surface area is 150 Å². The number of ether oxygens (including phenoxy) is 1. The van der Waals surface area contributed by atoms with Crippen molar-refractivity contribution in [2.45, 2.75) is 25.8 Å². The molecule has 0 unspecified atom stereocenters. The molecule has 0 bridgehead atoms. The highest BCUT2D eigenvalue weighted by molar-refractivity contribution is 9.10. The number of halogens is 1. The first-order chi connectivity index (χ1) is 11.6. The van der Waals surface area contributed by atoms with Gasteiger partial charge in [0.15, 0.2) is 0 Å². The summed E-state index contributed by atoms with van der Waals surface area (Å²) in [5, 5.41) is 5.62. The second-order valence-corrected chi connectivity index (χ2v) is 6.29. The molecule has 6 nitrogen and oxygen atoms in total. The Balaban J connectivity index is 1.72. The van der Waals surface area contributed by atoms with E-state index in [1.165, 1.54) is 0 Å². The lowest BCUT2D eigenvalue weighted by molar-refractivity contribution is 0.0958. The highest BCUT2D eigenvalue weighted by Gasteiger charge is 2.24. The average Bonchev–Trinajstić information content (AvgIpc) is 2.57. The van der Waals surface area contributed by atoms with Crippen molar-refractivity contribution in [2.75, 3.05) is 19.7 Å². The number of piperidine rings is 1. The van der Waals surface area contributed by atoms with E-state index in [1.54, 1.807) is 18.0 Å². The first-order valence-electron chi connectivity index (χ1n) is 8.00. The Morgan fingerprint density at radius 2 is 2.04 bits per heavy atom. The summed E-state index contributed by atoms with van der Waals surface area (Å²) in [6, 6.07) is 7.58. The number of hydrogen-bond donors (Lipinski definition) is 2. The molecule has 0 spiro atoms. The summed E-state index contributed by atoms with van der Waals surface area (Å²) in [4.78, 5) is 25.2. The van der Waals surface area contributed by atoms with Gasteiger partial charge in [-0.1, -0.05) is 34.1 Å². The highest BCUT2D eigenvalue weighted by atomic mass is 79.9. The summed E-state index contributed by atoms with van der Waals surface area (Å²) >= 11 is 3.45. The maximum Gasteiger partial charge on any atom is 0.409 e. The Bertz CT molecular complexity index is 598. The van der Waals surface area contributed by atoms with Gasteiger partial charge in [-0.05, 0) is 37.5 Å². The van der Waals surface area contributed by atoms with Crippen LogP contribution in [0, 0.1) is 0 Å². The second-order valence-electron chi connectivity index (χ2n) is 5.43. The van der Waals surface area contributed by atoms with Crippen LogP contribution in [0.1, 0.15) is 25.3 Å². The van der Waals surface area contributed by atoms with Gasteiger partial charge < -0.3 is 20.3 Å². The van der Waals surface area contributed by atoms with Crippen molar-refractivity contribution >= 4 is 34.1 Å². The number of benzene rings is 1. The smallest absolute Gasteiger partial charge is 0.409 e. The minimum Gasteiger partial charge on any atom is -0.450 e. The van der Waals surface area contributed by atoms with Gasteiger partial charge in [-0.15, -0.1) is 0 Å². The molecule has 0 aromatic heterocycles. The van der Waals surface area contributed by atoms with Crippen LogP contribution in [-0.2, 0) is 4.74 Å². The summed E-state index contributed by atoms with van der Waals surface area (Å²) in [5.74, 6) is 0. The highest BCUT2D eigenvalue weighted by Crippen LogP contribution is 2.16. The molecule has 1 aromatic carbocycles. The van der Waals surface area contributed by atoms with E-state index in [-0.39, 0.29) is 18.2 Å². The van der Waals surface area contributed by atoms with Crippen LogP contribution in [0.5, 0.6) is 0 Å². The van der Waals surface area contributed by atoms with E-state index in [0.29, 0.717) is 19.7 Å². The lowest BCUT2D eigenvalue weighted by Crippen LogP contribution is -2.48. The normalized spacial score (nSPS) is 15.3. The maximum absolute atomic E-state index is 11.9. The molecule has 0 saturated carbocycles. The molecule has 1 aliphatic rings. The summed E-state index contributed by atoms with van der Waals surface area (Å²) in [7, 11) is 0. The van der Waals surface area contributed by atoms with Crippen molar-refractivity contribution in [3.8, 4) is 0 Å². The van der Waals surface area contributed by atoms with Crippen LogP contribution in [0.3, 0.4) is 0 Å². The fourth-order valence-electron chi connectivity index (χ4n) is 2.47. The molecule has 7 heteroatoms. The molecule has 2 rings (SSSR count). The molecule has 0 radical (unpaired) electrons. The monoisotopic (exact) mass is 395 g/mol. The van der Waals surface area contributed by atoms with Crippen molar-refractivity contribution < 1.29 is 14.3 Å². The van der Waals surface area contributed by atoms with E-state index in [9.17, 15) is 9.59 Å². The van der Waals surface area contributed by atoms with E-state index in [2.05, 4.69) is 26.6 Å². The van der Waals surface area contributed by atoms with Gasteiger partial charge in [-0.2, -0.15) is 0 Å². The molecule has 1 heterocycles. The van der Waals surface area contributed by atoms with Gasteiger partial charge in [-0.25, -0.2) is 9.59 Å². The maximum atomic E-state index is 11.9. The Morgan fingerprint density at radius 3 is 2.71 bits per heavy atom. The van der Waals surface area contributed by atoms with E-state index in [1.807, 2.05) is 30.3 Å². The number of urea groups is 1.